The lowest BCUT2D eigenvalue weighted by Gasteiger charge is -2.17. The first kappa shape index (κ1) is 20.1. The van der Waals surface area contributed by atoms with Crippen LogP contribution in [0.1, 0.15) is 29.0 Å². The first-order chi connectivity index (χ1) is 15.6. The summed E-state index contributed by atoms with van der Waals surface area (Å²) in [5.74, 6) is 0.818. The molecule has 0 aliphatic carbocycles. The molecule has 5 nitrogen and oxygen atoms in total. The van der Waals surface area contributed by atoms with Gasteiger partial charge in [0.1, 0.15) is 5.82 Å². The van der Waals surface area contributed by atoms with Crippen molar-refractivity contribution in [1.82, 2.24) is 4.57 Å². The minimum absolute atomic E-state index is 0.0369. The number of carbonyl (C=O) groups is 1. The molecule has 2 heterocycles. The van der Waals surface area contributed by atoms with E-state index in [9.17, 15) is 9.18 Å². The summed E-state index contributed by atoms with van der Waals surface area (Å²) in [6.45, 7) is 0.532. The summed E-state index contributed by atoms with van der Waals surface area (Å²) in [6, 6.07) is 18.3. The molecule has 0 fully saturated rings. The Bertz CT molecular complexity index is 1330. The number of rotatable bonds is 5. The number of amides is 1. The number of aromatic nitrogens is 1. The second-order valence-corrected chi connectivity index (χ2v) is 7.96. The molecular formula is C26H23FN2O3. The molecule has 0 saturated heterocycles. The van der Waals surface area contributed by atoms with Crippen molar-refractivity contribution in [3.8, 4) is 11.5 Å². The van der Waals surface area contributed by atoms with Crippen molar-refractivity contribution >= 4 is 22.5 Å². The van der Waals surface area contributed by atoms with Crippen molar-refractivity contribution in [2.75, 3.05) is 19.5 Å². The highest BCUT2D eigenvalue weighted by Gasteiger charge is 2.28. The molecule has 1 aromatic heterocycles. The van der Waals surface area contributed by atoms with Gasteiger partial charge in [0.25, 0.3) is 0 Å². The quantitative estimate of drug-likeness (QED) is 0.466. The number of nitrogens with zero attached hydrogens (tertiary/aromatic N) is 1. The summed E-state index contributed by atoms with van der Waals surface area (Å²) in [7, 11) is 3.20. The van der Waals surface area contributed by atoms with Gasteiger partial charge in [-0.05, 0) is 53.1 Å². The molecule has 0 spiro atoms. The van der Waals surface area contributed by atoms with Gasteiger partial charge < -0.3 is 19.4 Å². The van der Waals surface area contributed by atoms with Gasteiger partial charge in [-0.3, -0.25) is 4.79 Å². The number of hydrogen-bond donors (Lipinski definition) is 1. The Hall–Kier alpha value is -3.80. The van der Waals surface area contributed by atoms with Crippen molar-refractivity contribution < 1.29 is 18.7 Å². The van der Waals surface area contributed by atoms with Gasteiger partial charge in [-0.2, -0.15) is 0 Å². The van der Waals surface area contributed by atoms with Crippen molar-refractivity contribution in [3.63, 3.8) is 0 Å². The number of halogens is 1. The molecule has 0 bridgehead atoms. The van der Waals surface area contributed by atoms with E-state index < -0.39 is 0 Å². The average molecular weight is 430 g/mol. The normalized spacial score (nSPS) is 15.3. The van der Waals surface area contributed by atoms with Gasteiger partial charge in [0.2, 0.25) is 5.91 Å². The Morgan fingerprint density at radius 2 is 1.84 bits per heavy atom. The van der Waals surface area contributed by atoms with E-state index in [0.29, 0.717) is 24.5 Å². The summed E-state index contributed by atoms with van der Waals surface area (Å²) in [4.78, 5) is 12.7. The van der Waals surface area contributed by atoms with Gasteiger partial charge in [-0.25, -0.2) is 4.39 Å². The summed E-state index contributed by atoms with van der Waals surface area (Å²) in [6.07, 6.45) is 2.39. The Morgan fingerprint density at radius 3 is 2.62 bits per heavy atom. The predicted octanol–water partition coefficient (Wildman–Crippen LogP) is 5.32. The maximum Gasteiger partial charge on any atom is 0.225 e. The van der Waals surface area contributed by atoms with Crippen molar-refractivity contribution in [2.45, 2.75) is 18.9 Å². The number of ether oxygens (including phenoxy) is 2. The van der Waals surface area contributed by atoms with Crippen LogP contribution in [-0.2, 0) is 11.3 Å². The monoisotopic (exact) mass is 430 g/mol. The second-order valence-electron chi connectivity index (χ2n) is 7.96. The molecule has 4 aromatic rings. The molecule has 1 amide bonds. The molecular weight excluding hydrogens is 407 g/mol. The number of carbonyl (C=O) groups excluding carboxylic acids is 1. The Labute approximate surface area is 185 Å². The third-order valence-corrected chi connectivity index (χ3v) is 6.03. The number of benzene rings is 3. The summed E-state index contributed by atoms with van der Waals surface area (Å²) >= 11 is 0. The lowest BCUT2D eigenvalue weighted by atomic mass is 9.88. The van der Waals surface area contributed by atoms with Crippen LogP contribution >= 0.6 is 0 Å². The highest BCUT2D eigenvalue weighted by atomic mass is 19.1. The Morgan fingerprint density at radius 1 is 1.03 bits per heavy atom. The molecule has 0 saturated carbocycles. The molecule has 1 aliphatic rings. The molecule has 1 aliphatic heterocycles. The molecule has 162 valence electrons. The van der Waals surface area contributed by atoms with E-state index in [1.54, 1.807) is 26.4 Å². The highest BCUT2D eigenvalue weighted by molar-refractivity contribution is 6.06. The van der Waals surface area contributed by atoms with Crippen molar-refractivity contribution in [2.24, 2.45) is 0 Å². The maximum atomic E-state index is 13.8. The van der Waals surface area contributed by atoms with Crippen LogP contribution in [-0.4, -0.2) is 24.7 Å². The second kappa shape index (κ2) is 8.04. The zero-order valence-electron chi connectivity index (χ0n) is 17.9. The number of nitrogens with one attached hydrogen (secondary N) is 1. The SMILES string of the molecule is COc1ccc([C@@H]2CC(=O)Nc3cccc4c3c2cn4Cc2cccc(F)c2)cc1OC. The van der Waals surface area contributed by atoms with Gasteiger partial charge in [0, 0.05) is 30.5 Å². The number of methoxy groups -OCH3 is 2. The van der Waals surface area contributed by atoms with E-state index in [4.69, 9.17) is 9.47 Å². The van der Waals surface area contributed by atoms with Crippen LogP contribution < -0.4 is 14.8 Å². The smallest absolute Gasteiger partial charge is 0.225 e. The van der Waals surface area contributed by atoms with Gasteiger partial charge >= 0.3 is 0 Å². The molecule has 5 rings (SSSR count). The van der Waals surface area contributed by atoms with E-state index in [1.807, 2.05) is 42.5 Å². The van der Waals surface area contributed by atoms with E-state index in [-0.39, 0.29) is 17.6 Å². The first-order valence-electron chi connectivity index (χ1n) is 10.5. The standard InChI is InChI=1S/C26H23FN2O3/c1-31-23-10-9-17(12-24(23)32-2)19-13-25(30)28-21-7-4-8-22-26(21)20(19)15-29(22)14-16-5-3-6-18(27)11-16/h3-12,15,19H,13-14H2,1-2H3,(H,28,30)/t19-/m0/s1. The maximum absolute atomic E-state index is 13.8. The largest absolute Gasteiger partial charge is 0.493 e. The zero-order chi connectivity index (χ0) is 22.2. The summed E-state index contributed by atoms with van der Waals surface area (Å²) in [5, 5.41) is 4.06. The third-order valence-electron chi connectivity index (χ3n) is 6.03. The Balaban J connectivity index is 1.67. The van der Waals surface area contributed by atoms with Crippen molar-refractivity contribution in [1.29, 1.82) is 0 Å². The molecule has 1 atom stereocenters. The van der Waals surface area contributed by atoms with Crippen LogP contribution in [0.15, 0.2) is 66.9 Å². The fourth-order valence-electron chi connectivity index (χ4n) is 4.58. The minimum atomic E-state index is -0.253. The van der Waals surface area contributed by atoms with Gasteiger partial charge in [0.15, 0.2) is 11.5 Å². The van der Waals surface area contributed by atoms with Crippen LogP contribution in [0.25, 0.3) is 10.9 Å². The first-order valence-corrected chi connectivity index (χ1v) is 10.5. The predicted molar refractivity (Wildman–Crippen MR) is 122 cm³/mol. The molecule has 6 heteroatoms. The van der Waals surface area contributed by atoms with Crippen LogP contribution in [0.3, 0.4) is 0 Å². The molecule has 3 aromatic carbocycles. The number of anilines is 1. The average Bonchev–Trinajstić information content (AvgIpc) is 3.08. The summed E-state index contributed by atoms with van der Waals surface area (Å²) < 4.78 is 26.8. The highest BCUT2D eigenvalue weighted by Crippen LogP contribution is 2.42. The molecule has 32 heavy (non-hydrogen) atoms. The van der Waals surface area contributed by atoms with Crippen LogP contribution in [0, 0.1) is 5.82 Å². The van der Waals surface area contributed by atoms with E-state index in [0.717, 1.165) is 33.3 Å². The fourth-order valence-corrected chi connectivity index (χ4v) is 4.58. The number of hydrogen-bond acceptors (Lipinski definition) is 3. The zero-order valence-corrected chi connectivity index (χ0v) is 17.9. The van der Waals surface area contributed by atoms with Gasteiger partial charge in [0.05, 0.1) is 25.4 Å². The van der Waals surface area contributed by atoms with Crippen LogP contribution in [0.5, 0.6) is 11.5 Å². The molecule has 1 N–H and O–H groups in total. The van der Waals surface area contributed by atoms with Gasteiger partial charge in [-0.15, -0.1) is 0 Å². The summed E-state index contributed by atoms with van der Waals surface area (Å²) in [5.41, 5.74) is 4.69. The third kappa shape index (κ3) is 3.47. The molecule has 0 radical (unpaired) electrons. The minimum Gasteiger partial charge on any atom is -0.493 e. The van der Waals surface area contributed by atoms with Gasteiger partial charge in [-0.1, -0.05) is 24.3 Å². The fraction of sp³-hybridized carbons (Fsp3) is 0.192. The lowest BCUT2D eigenvalue weighted by molar-refractivity contribution is -0.116. The van der Waals surface area contributed by atoms with E-state index in [2.05, 4.69) is 16.1 Å². The van der Waals surface area contributed by atoms with Crippen molar-refractivity contribution in [3.05, 3.63) is 89.4 Å². The Kier molecular flexibility index (Phi) is 5.05. The van der Waals surface area contributed by atoms with E-state index in [1.165, 1.54) is 6.07 Å². The molecule has 0 unspecified atom stereocenters. The topological polar surface area (TPSA) is 52.5 Å². The van der Waals surface area contributed by atoms with E-state index >= 15 is 0 Å². The van der Waals surface area contributed by atoms with Crippen LogP contribution in [0.4, 0.5) is 10.1 Å². The lowest BCUT2D eigenvalue weighted by Crippen LogP contribution is -2.14. The van der Waals surface area contributed by atoms with Crippen LogP contribution in [0.2, 0.25) is 0 Å².